The number of nitrogens with zero attached hydrogens (tertiary/aromatic N) is 2. The first-order chi connectivity index (χ1) is 8.50. The third kappa shape index (κ3) is 3.06. The molecule has 1 aliphatic heterocycles. The molecule has 1 atom stereocenters. The van der Waals surface area contributed by atoms with Gasteiger partial charge < -0.3 is 5.11 Å². The van der Waals surface area contributed by atoms with Gasteiger partial charge in [-0.25, -0.2) is 4.39 Å². The molecule has 96 valence electrons. The predicted octanol–water partition coefficient (Wildman–Crippen LogP) is 2.04. The van der Waals surface area contributed by atoms with Crippen LogP contribution in [0.2, 0.25) is 0 Å². The van der Waals surface area contributed by atoms with Crippen LogP contribution in [0, 0.1) is 17.1 Å². The third-order valence-electron chi connectivity index (χ3n) is 3.34. The Morgan fingerprint density at radius 1 is 1.56 bits per heavy atom. The van der Waals surface area contributed by atoms with Crippen LogP contribution in [0.1, 0.15) is 30.9 Å². The smallest absolute Gasteiger partial charge is 0.123 e. The van der Waals surface area contributed by atoms with Crippen molar-refractivity contribution in [1.29, 1.82) is 5.26 Å². The van der Waals surface area contributed by atoms with E-state index in [0.29, 0.717) is 24.2 Å². The first-order valence-electron chi connectivity index (χ1n) is 6.13. The summed E-state index contributed by atoms with van der Waals surface area (Å²) in [4.78, 5) is 2.07. The molecule has 0 bridgehead atoms. The fourth-order valence-corrected chi connectivity index (χ4v) is 2.50. The van der Waals surface area contributed by atoms with Gasteiger partial charge in [0.1, 0.15) is 5.82 Å². The van der Waals surface area contributed by atoms with Crippen LogP contribution in [0.5, 0.6) is 0 Å². The van der Waals surface area contributed by atoms with Crippen molar-refractivity contribution >= 4 is 0 Å². The Kier molecular flexibility index (Phi) is 3.65. The van der Waals surface area contributed by atoms with Crippen molar-refractivity contribution in [3.05, 3.63) is 35.1 Å². The Bertz CT molecular complexity index is 479. The summed E-state index contributed by atoms with van der Waals surface area (Å²) in [5.74, 6) is -0.326. The van der Waals surface area contributed by atoms with Crippen molar-refractivity contribution in [3.63, 3.8) is 0 Å². The molecule has 1 N–H and O–H groups in total. The SMILES string of the molecule is CC1(O)CCCN(Cc2cc(F)ccc2C#N)C1. The van der Waals surface area contributed by atoms with Crippen LogP contribution in [0.15, 0.2) is 18.2 Å². The lowest BCUT2D eigenvalue weighted by atomic mass is 9.94. The Labute approximate surface area is 106 Å². The van der Waals surface area contributed by atoms with E-state index >= 15 is 0 Å². The minimum absolute atomic E-state index is 0.326. The van der Waals surface area contributed by atoms with E-state index in [1.54, 1.807) is 0 Å². The zero-order chi connectivity index (χ0) is 13.2. The van der Waals surface area contributed by atoms with E-state index in [9.17, 15) is 9.50 Å². The third-order valence-corrected chi connectivity index (χ3v) is 3.34. The summed E-state index contributed by atoms with van der Waals surface area (Å²) in [6, 6.07) is 6.29. The zero-order valence-electron chi connectivity index (χ0n) is 10.5. The second-order valence-electron chi connectivity index (χ2n) is 5.22. The van der Waals surface area contributed by atoms with Gasteiger partial charge in [0.15, 0.2) is 0 Å². The fourth-order valence-electron chi connectivity index (χ4n) is 2.50. The molecule has 1 heterocycles. The maximum atomic E-state index is 13.2. The van der Waals surface area contributed by atoms with Gasteiger partial charge in [0.25, 0.3) is 0 Å². The summed E-state index contributed by atoms with van der Waals surface area (Å²) >= 11 is 0. The van der Waals surface area contributed by atoms with E-state index in [1.165, 1.54) is 18.2 Å². The molecule has 0 saturated carbocycles. The van der Waals surface area contributed by atoms with Gasteiger partial charge >= 0.3 is 0 Å². The number of hydrogen-bond donors (Lipinski definition) is 1. The number of piperidine rings is 1. The van der Waals surface area contributed by atoms with Gasteiger partial charge in [0.2, 0.25) is 0 Å². The van der Waals surface area contributed by atoms with Crippen molar-refractivity contribution in [3.8, 4) is 6.07 Å². The van der Waals surface area contributed by atoms with Crippen molar-refractivity contribution in [2.45, 2.75) is 31.9 Å². The quantitative estimate of drug-likeness (QED) is 0.871. The van der Waals surface area contributed by atoms with Crippen LogP contribution in [0.4, 0.5) is 4.39 Å². The van der Waals surface area contributed by atoms with Crippen LogP contribution in [0.25, 0.3) is 0 Å². The predicted molar refractivity (Wildman–Crippen MR) is 66.2 cm³/mol. The molecule has 1 unspecified atom stereocenters. The number of β-amino-alcohol motifs (C(OH)–C–C–N with tert-alkyl or cyclic N) is 1. The van der Waals surface area contributed by atoms with E-state index in [4.69, 9.17) is 5.26 Å². The Morgan fingerprint density at radius 2 is 2.33 bits per heavy atom. The van der Waals surface area contributed by atoms with E-state index < -0.39 is 5.60 Å². The monoisotopic (exact) mass is 248 g/mol. The molecular formula is C14H17FN2O. The fraction of sp³-hybridized carbons (Fsp3) is 0.500. The molecule has 1 aliphatic rings. The highest BCUT2D eigenvalue weighted by molar-refractivity contribution is 5.37. The molecule has 1 aromatic rings. The normalized spacial score (nSPS) is 24.8. The number of rotatable bonds is 2. The summed E-state index contributed by atoms with van der Waals surface area (Å²) in [6.45, 7) is 3.76. The molecule has 0 amide bonds. The molecule has 3 nitrogen and oxygen atoms in total. The van der Waals surface area contributed by atoms with Gasteiger partial charge in [0.05, 0.1) is 17.2 Å². The molecule has 18 heavy (non-hydrogen) atoms. The Morgan fingerprint density at radius 3 is 3.00 bits per heavy atom. The molecule has 0 aliphatic carbocycles. The molecule has 1 fully saturated rings. The van der Waals surface area contributed by atoms with Crippen LogP contribution in [-0.2, 0) is 6.54 Å². The number of nitriles is 1. The summed E-state index contributed by atoms with van der Waals surface area (Å²) in [5.41, 5.74) is 0.509. The van der Waals surface area contributed by atoms with E-state index in [0.717, 1.165) is 19.4 Å². The minimum atomic E-state index is -0.682. The van der Waals surface area contributed by atoms with Gasteiger partial charge in [-0.15, -0.1) is 0 Å². The standard InChI is InChI=1S/C14H17FN2O/c1-14(18)5-2-6-17(10-14)9-12-7-13(15)4-3-11(12)8-16/h3-4,7,18H,2,5-6,9-10H2,1H3. The largest absolute Gasteiger partial charge is 0.389 e. The van der Waals surface area contributed by atoms with Crippen molar-refractivity contribution < 1.29 is 9.50 Å². The van der Waals surface area contributed by atoms with E-state index in [1.807, 2.05) is 6.92 Å². The summed E-state index contributed by atoms with van der Waals surface area (Å²) in [7, 11) is 0. The molecule has 1 aromatic carbocycles. The Hall–Kier alpha value is -1.44. The lowest BCUT2D eigenvalue weighted by Gasteiger charge is -2.36. The first-order valence-corrected chi connectivity index (χ1v) is 6.13. The first kappa shape index (κ1) is 13.0. The van der Waals surface area contributed by atoms with Gasteiger partial charge in [0, 0.05) is 13.1 Å². The second kappa shape index (κ2) is 5.05. The van der Waals surface area contributed by atoms with Crippen molar-refractivity contribution in [2.75, 3.05) is 13.1 Å². The highest BCUT2D eigenvalue weighted by atomic mass is 19.1. The lowest BCUT2D eigenvalue weighted by molar-refractivity contribution is -0.0181. The number of aliphatic hydroxyl groups is 1. The van der Waals surface area contributed by atoms with Gasteiger partial charge in [-0.2, -0.15) is 5.26 Å². The van der Waals surface area contributed by atoms with Gasteiger partial charge in [-0.05, 0) is 50.1 Å². The molecule has 2 rings (SSSR count). The topological polar surface area (TPSA) is 47.3 Å². The lowest BCUT2D eigenvalue weighted by Crippen LogP contribution is -2.45. The van der Waals surface area contributed by atoms with E-state index in [-0.39, 0.29) is 5.82 Å². The molecular weight excluding hydrogens is 231 g/mol. The molecule has 4 heteroatoms. The molecule has 0 aromatic heterocycles. The number of benzene rings is 1. The number of hydrogen-bond acceptors (Lipinski definition) is 3. The minimum Gasteiger partial charge on any atom is -0.389 e. The summed E-state index contributed by atoms with van der Waals surface area (Å²) < 4.78 is 13.2. The highest BCUT2D eigenvalue weighted by Crippen LogP contribution is 2.23. The Balaban J connectivity index is 2.14. The van der Waals surface area contributed by atoms with Crippen molar-refractivity contribution in [1.82, 2.24) is 4.90 Å². The average molecular weight is 248 g/mol. The summed E-state index contributed by atoms with van der Waals surface area (Å²) in [6.07, 6.45) is 1.71. The number of likely N-dealkylation sites (tertiary alicyclic amines) is 1. The van der Waals surface area contributed by atoms with Crippen LogP contribution < -0.4 is 0 Å². The van der Waals surface area contributed by atoms with Crippen LogP contribution in [0.3, 0.4) is 0 Å². The van der Waals surface area contributed by atoms with Gasteiger partial charge in [-0.3, -0.25) is 4.90 Å². The number of halogens is 1. The maximum absolute atomic E-state index is 13.2. The summed E-state index contributed by atoms with van der Waals surface area (Å²) in [5, 5.41) is 19.0. The van der Waals surface area contributed by atoms with Crippen LogP contribution >= 0.6 is 0 Å². The van der Waals surface area contributed by atoms with Crippen molar-refractivity contribution in [2.24, 2.45) is 0 Å². The van der Waals surface area contributed by atoms with Crippen LogP contribution in [-0.4, -0.2) is 28.7 Å². The highest BCUT2D eigenvalue weighted by Gasteiger charge is 2.28. The van der Waals surface area contributed by atoms with E-state index in [2.05, 4.69) is 11.0 Å². The maximum Gasteiger partial charge on any atom is 0.123 e. The van der Waals surface area contributed by atoms with Gasteiger partial charge in [-0.1, -0.05) is 0 Å². The molecule has 0 radical (unpaired) electrons. The average Bonchev–Trinajstić information content (AvgIpc) is 2.28. The zero-order valence-corrected chi connectivity index (χ0v) is 10.5. The molecule has 1 saturated heterocycles. The second-order valence-corrected chi connectivity index (χ2v) is 5.22. The molecule has 0 spiro atoms.